The van der Waals surface area contributed by atoms with E-state index in [-0.39, 0.29) is 17.4 Å². The third-order valence-electron chi connectivity index (χ3n) is 8.13. The highest BCUT2D eigenvalue weighted by Crippen LogP contribution is 2.32. The van der Waals surface area contributed by atoms with Crippen molar-refractivity contribution in [3.05, 3.63) is 136 Å². The van der Waals surface area contributed by atoms with E-state index in [0.29, 0.717) is 39.5 Å². The highest BCUT2D eigenvalue weighted by Gasteiger charge is 2.34. The summed E-state index contributed by atoms with van der Waals surface area (Å²) in [6, 6.07) is 21.1. The number of hydrogen-bond acceptors (Lipinski definition) is 8. The van der Waals surface area contributed by atoms with Crippen LogP contribution in [0.2, 0.25) is 0 Å². The third kappa shape index (κ3) is 6.01. The molecule has 0 saturated heterocycles. The molecule has 2 aromatic heterocycles. The fourth-order valence-electron chi connectivity index (χ4n) is 5.97. The van der Waals surface area contributed by atoms with Gasteiger partial charge in [-0.1, -0.05) is 53.8 Å². The first kappa shape index (κ1) is 31.7. The molecular weight excluding hydrogens is 616 g/mol. The summed E-state index contributed by atoms with van der Waals surface area (Å²) in [6.07, 6.45) is 1.55. The summed E-state index contributed by atoms with van der Waals surface area (Å²) in [6.45, 7) is 10.3. The molecule has 0 bridgehead atoms. The molecule has 0 aliphatic carbocycles. The van der Waals surface area contributed by atoms with Crippen LogP contribution in [0, 0.1) is 17.0 Å². The number of nitrogens with zero attached hydrogens (tertiary/aromatic N) is 4. The number of non-ortho nitro benzene ring substituents is 1. The van der Waals surface area contributed by atoms with Crippen molar-refractivity contribution >= 4 is 40.0 Å². The number of carbonyl (C=O) groups is 1. The van der Waals surface area contributed by atoms with Crippen molar-refractivity contribution in [2.45, 2.75) is 53.3 Å². The van der Waals surface area contributed by atoms with Gasteiger partial charge in [-0.15, -0.1) is 0 Å². The number of thiazole rings is 1. The van der Waals surface area contributed by atoms with E-state index in [1.807, 2.05) is 68.5 Å². The first-order chi connectivity index (χ1) is 22.6. The summed E-state index contributed by atoms with van der Waals surface area (Å²) in [4.78, 5) is 43.8. The van der Waals surface area contributed by atoms with Crippen LogP contribution in [-0.4, -0.2) is 32.7 Å². The number of esters is 1. The number of fused-ring (bicyclic) bond motifs is 2. The van der Waals surface area contributed by atoms with E-state index in [1.54, 1.807) is 37.5 Å². The van der Waals surface area contributed by atoms with Crippen molar-refractivity contribution in [3.8, 4) is 5.75 Å². The third-order valence-corrected chi connectivity index (χ3v) is 9.12. The predicted octanol–water partition coefficient (Wildman–Crippen LogP) is 5.81. The molecule has 0 N–H and O–H groups in total. The Hall–Kier alpha value is -5.29. The fraction of sp³-hybridized carbons (Fsp3) is 0.250. The molecule has 0 saturated carbocycles. The Labute approximate surface area is 274 Å². The lowest BCUT2D eigenvalue weighted by Gasteiger charge is -2.25. The maximum Gasteiger partial charge on any atom is 0.338 e. The van der Waals surface area contributed by atoms with Gasteiger partial charge in [0.2, 0.25) is 0 Å². The molecule has 1 aliphatic rings. The SMILES string of the molecule is CCOc1ccc([C@H]2C(C(=O)OC(C)C)=C(C)N=c3s/c(=C/c4c(C)n(Cc5ccc([N+](=O)[O-])cc5)c5ccccc45)c(=O)n32)cc1. The summed E-state index contributed by atoms with van der Waals surface area (Å²) in [7, 11) is 0. The molecule has 0 amide bonds. The average Bonchev–Trinajstić information content (AvgIpc) is 3.49. The standard InChI is InChI=1S/C36H34N4O6S/c1-6-45-27-17-13-25(14-18-27)33-32(35(42)46-21(2)3)22(4)37-36-39(33)34(41)31(47-36)19-29-23(5)38(30-10-8-7-9-28(29)30)20-24-11-15-26(16-12-24)40(43)44/h7-19,21,33H,6,20H2,1-5H3/b31-19+/t33-/m0/s1. The van der Waals surface area contributed by atoms with Crippen LogP contribution in [0.15, 0.2) is 93.9 Å². The number of para-hydroxylation sites is 1. The van der Waals surface area contributed by atoms with Crippen molar-refractivity contribution in [2.75, 3.05) is 6.61 Å². The lowest BCUT2D eigenvalue weighted by Crippen LogP contribution is -2.40. The lowest BCUT2D eigenvalue weighted by molar-refractivity contribution is -0.384. The zero-order chi connectivity index (χ0) is 33.4. The van der Waals surface area contributed by atoms with E-state index in [1.165, 1.54) is 23.5 Å². The largest absolute Gasteiger partial charge is 0.494 e. The van der Waals surface area contributed by atoms with Crippen LogP contribution in [-0.2, 0) is 16.1 Å². The molecule has 0 spiro atoms. The van der Waals surface area contributed by atoms with Gasteiger partial charge in [0, 0.05) is 40.8 Å². The molecule has 10 nitrogen and oxygen atoms in total. The number of nitro benzene ring substituents is 1. The number of carbonyl (C=O) groups excluding carboxylic acids is 1. The number of benzene rings is 3. The molecule has 0 unspecified atom stereocenters. The summed E-state index contributed by atoms with van der Waals surface area (Å²) in [5.74, 6) is 0.177. The Morgan fingerprint density at radius 2 is 1.77 bits per heavy atom. The predicted molar refractivity (Wildman–Crippen MR) is 181 cm³/mol. The zero-order valence-corrected chi connectivity index (χ0v) is 27.5. The molecule has 0 fully saturated rings. The van der Waals surface area contributed by atoms with Gasteiger partial charge in [0.25, 0.3) is 11.2 Å². The van der Waals surface area contributed by atoms with Crippen molar-refractivity contribution in [1.29, 1.82) is 0 Å². The van der Waals surface area contributed by atoms with Gasteiger partial charge in [-0.25, -0.2) is 9.79 Å². The number of rotatable bonds is 9. The summed E-state index contributed by atoms with van der Waals surface area (Å²) in [5.41, 5.74) is 5.05. The lowest BCUT2D eigenvalue weighted by atomic mass is 9.96. The van der Waals surface area contributed by atoms with Crippen molar-refractivity contribution < 1.29 is 19.2 Å². The summed E-state index contributed by atoms with van der Waals surface area (Å²) >= 11 is 1.28. The van der Waals surface area contributed by atoms with Gasteiger partial charge >= 0.3 is 5.97 Å². The van der Waals surface area contributed by atoms with Gasteiger partial charge in [0.1, 0.15) is 5.75 Å². The summed E-state index contributed by atoms with van der Waals surface area (Å²) < 4.78 is 15.5. The minimum absolute atomic E-state index is 0.0401. The number of hydrogen-bond donors (Lipinski definition) is 0. The Morgan fingerprint density at radius 3 is 2.43 bits per heavy atom. The maximum absolute atomic E-state index is 14.3. The first-order valence-corrected chi connectivity index (χ1v) is 16.2. The molecule has 1 aliphatic heterocycles. The number of allylic oxidation sites excluding steroid dienone is 1. The first-order valence-electron chi connectivity index (χ1n) is 15.3. The van der Waals surface area contributed by atoms with E-state index in [2.05, 4.69) is 4.57 Å². The van der Waals surface area contributed by atoms with Crippen molar-refractivity contribution in [3.63, 3.8) is 0 Å². The number of ether oxygens (including phenoxy) is 2. The highest BCUT2D eigenvalue weighted by atomic mass is 32.1. The molecule has 47 heavy (non-hydrogen) atoms. The maximum atomic E-state index is 14.3. The molecule has 3 aromatic carbocycles. The van der Waals surface area contributed by atoms with Crippen LogP contribution in [0.3, 0.4) is 0 Å². The van der Waals surface area contributed by atoms with Crippen LogP contribution in [0.5, 0.6) is 5.75 Å². The van der Waals surface area contributed by atoms with Crippen LogP contribution in [0.1, 0.15) is 56.1 Å². The van der Waals surface area contributed by atoms with E-state index >= 15 is 0 Å². The zero-order valence-electron chi connectivity index (χ0n) is 26.7. The number of nitro groups is 1. The van der Waals surface area contributed by atoms with Gasteiger partial charge in [-0.3, -0.25) is 19.5 Å². The second kappa shape index (κ2) is 12.8. The molecular formula is C36H34N4O6S. The van der Waals surface area contributed by atoms with Gasteiger partial charge < -0.3 is 14.0 Å². The van der Waals surface area contributed by atoms with Crippen LogP contribution >= 0.6 is 11.3 Å². The minimum atomic E-state index is -0.736. The van der Waals surface area contributed by atoms with Crippen LogP contribution < -0.4 is 19.6 Å². The van der Waals surface area contributed by atoms with Gasteiger partial charge in [-0.05, 0) is 70.0 Å². The molecule has 240 valence electrons. The van der Waals surface area contributed by atoms with Gasteiger partial charge in [0.05, 0.1) is 39.5 Å². The molecule has 11 heteroatoms. The normalized spacial score (nSPS) is 14.8. The molecule has 5 aromatic rings. The second-order valence-corrected chi connectivity index (χ2v) is 12.6. The van der Waals surface area contributed by atoms with E-state index in [4.69, 9.17) is 14.5 Å². The average molecular weight is 651 g/mol. The Kier molecular flexibility index (Phi) is 8.65. The topological polar surface area (TPSA) is 118 Å². The van der Waals surface area contributed by atoms with E-state index < -0.39 is 16.9 Å². The fourth-order valence-corrected chi connectivity index (χ4v) is 7.00. The van der Waals surface area contributed by atoms with Crippen molar-refractivity contribution in [1.82, 2.24) is 9.13 Å². The Bertz CT molecular complexity index is 2220. The van der Waals surface area contributed by atoms with Crippen LogP contribution in [0.4, 0.5) is 5.69 Å². The molecule has 3 heterocycles. The smallest absolute Gasteiger partial charge is 0.338 e. The molecule has 6 rings (SSSR count). The van der Waals surface area contributed by atoms with Crippen LogP contribution in [0.25, 0.3) is 17.0 Å². The van der Waals surface area contributed by atoms with Gasteiger partial charge in [-0.2, -0.15) is 0 Å². The van der Waals surface area contributed by atoms with E-state index in [0.717, 1.165) is 33.3 Å². The van der Waals surface area contributed by atoms with Gasteiger partial charge in [0.15, 0.2) is 4.80 Å². The highest BCUT2D eigenvalue weighted by molar-refractivity contribution is 7.07. The van der Waals surface area contributed by atoms with E-state index in [9.17, 15) is 19.7 Å². The summed E-state index contributed by atoms with van der Waals surface area (Å²) in [5, 5.41) is 12.1. The molecule has 1 atom stereocenters. The number of aromatic nitrogens is 2. The monoisotopic (exact) mass is 650 g/mol. The molecule has 0 radical (unpaired) electrons. The Morgan fingerprint density at radius 1 is 1.06 bits per heavy atom. The minimum Gasteiger partial charge on any atom is -0.494 e. The van der Waals surface area contributed by atoms with Crippen molar-refractivity contribution in [2.24, 2.45) is 4.99 Å². The Balaban J connectivity index is 1.50. The quantitative estimate of drug-likeness (QED) is 0.113. The second-order valence-electron chi connectivity index (χ2n) is 11.6.